The molecule has 0 saturated heterocycles. The summed E-state index contributed by atoms with van der Waals surface area (Å²) in [6.07, 6.45) is 0.493. The Balaban J connectivity index is 2.23. The first kappa shape index (κ1) is 14.2. The smallest absolute Gasteiger partial charge is 0.126 e. The lowest BCUT2D eigenvalue weighted by molar-refractivity contribution is 0.588. The predicted molar refractivity (Wildman–Crippen MR) is 76.0 cm³/mol. The summed E-state index contributed by atoms with van der Waals surface area (Å²) in [5.74, 6) is -0.554. The molecule has 1 unspecified atom stereocenters. The third-order valence-corrected chi connectivity index (χ3v) is 3.59. The maximum atomic E-state index is 13.7. The van der Waals surface area contributed by atoms with E-state index in [1.165, 1.54) is 18.2 Å². The summed E-state index contributed by atoms with van der Waals surface area (Å²) in [5, 5.41) is 0. The molecule has 2 N–H and O–H groups in total. The Morgan fingerprint density at radius 1 is 1.05 bits per heavy atom. The van der Waals surface area contributed by atoms with Gasteiger partial charge in [-0.15, -0.1) is 0 Å². The third-order valence-electron chi connectivity index (χ3n) is 3.10. The molecule has 0 spiro atoms. The Kier molecular flexibility index (Phi) is 4.66. The molecule has 0 aromatic heterocycles. The molecule has 0 aliphatic carbocycles. The van der Waals surface area contributed by atoms with Crippen LogP contribution < -0.4 is 5.73 Å². The zero-order valence-electron chi connectivity index (χ0n) is 10.2. The van der Waals surface area contributed by atoms with E-state index in [0.29, 0.717) is 18.5 Å². The van der Waals surface area contributed by atoms with E-state index in [9.17, 15) is 8.78 Å². The summed E-state index contributed by atoms with van der Waals surface area (Å²) in [4.78, 5) is 0. The largest absolute Gasteiger partial charge is 0.330 e. The molecule has 0 fully saturated rings. The minimum atomic E-state index is -0.284. The van der Waals surface area contributed by atoms with Crippen molar-refractivity contribution in [2.75, 3.05) is 6.54 Å². The predicted octanol–water partition coefficient (Wildman–Crippen LogP) is 4.01. The molecular weight excluding hydrogens is 312 g/mol. The standard InChI is InChI=1S/C15H14BrF2N/c16-13-3-6-15(18)11(8-13)7-12(9-19)10-1-4-14(17)5-2-10/h1-6,8,12H,7,9,19H2. The van der Waals surface area contributed by atoms with Crippen LogP contribution in [0.5, 0.6) is 0 Å². The zero-order chi connectivity index (χ0) is 13.8. The minimum Gasteiger partial charge on any atom is -0.330 e. The van der Waals surface area contributed by atoms with Gasteiger partial charge >= 0.3 is 0 Å². The van der Waals surface area contributed by atoms with Crippen LogP contribution in [0, 0.1) is 11.6 Å². The molecule has 1 nitrogen and oxygen atoms in total. The maximum absolute atomic E-state index is 13.7. The molecule has 0 radical (unpaired) electrons. The summed E-state index contributed by atoms with van der Waals surface area (Å²) in [6.45, 7) is 0.386. The highest BCUT2D eigenvalue weighted by Crippen LogP contribution is 2.24. The number of nitrogens with two attached hydrogens (primary N) is 1. The van der Waals surface area contributed by atoms with Crippen LogP contribution in [0.4, 0.5) is 8.78 Å². The third kappa shape index (κ3) is 3.61. The molecule has 19 heavy (non-hydrogen) atoms. The number of hydrogen-bond acceptors (Lipinski definition) is 1. The molecular formula is C15H14BrF2N. The van der Waals surface area contributed by atoms with Crippen molar-refractivity contribution < 1.29 is 8.78 Å². The van der Waals surface area contributed by atoms with Gasteiger partial charge in [0.2, 0.25) is 0 Å². The van der Waals surface area contributed by atoms with Crippen LogP contribution in [0.25, 0.3) is 0 Å². The van der Waals surface area contributed by atoms with Crippen molar-refractivity contribution in [1.29, 1.82) is 0 Å². The monoisotopic (exact) mass is 325 g/mol. The van der Waals surface area contributed by atoms with Crippen LogP contribution in [0.3, 0.4) is 0 Å². The Bertz CT molecular complexity index is 555. The van der Waals surface area contributed by atoms with Crippen molar-refractivity contribution in [3.63, 3.8) is 0 Å². The van der Waals surface area contributed by atoms with Gasteiger partial charge in [-0.25, -0.2) is 8.78 Å². The first-order valence-corrected chi connectivity index (χ1v) is 6.79. The van der Waals surface area contributed by atoms with Crippen LogP contribution in [0.2, 0.25) is 0 Å². The van der Waals surface area contributed by atoms with Gasteiger partial charge in [-0.3, -0.25) is 0 Å². The lowest BCUT2D eigenvalue weighted by Crippen LogP contribution is -2.15. The van der Waals surface area contributed by atoms with Crippen molar-refractivity contribution in [3.8, 4) is 0 Å². The fraction of sp³-hybridized carbons (Fsp3) is 0.200. The number of benzene rings is 2. The lowest BCUT2D eigenvalue weighted by Gasteiger charge is -2.16. The molecule has 0 aliphatic rings. The molecule has 4 heteroatoms. The summed E-state index contributed by atoms with van der Waals surface area (Å²) in [5.41, 5.74) is 7.28. The van der Waals surface area contributed by atoms with E-state index in [1.54, 1.807) is 24.3 Å². The zero-order valence-corrected chi connectivity index (χ0v) is 11.8. The first-order valence-electron chi connectivity index (χ1n) is 5.99. The average molecular weight is 326 g/mol. The van der Waals surface area contributed by atoms with Gasteiger partial charge in [0.25, 0.3) is 0 Å². The highest BCUT2D eigenvalue weighted by atomic mass is 79.9. The summed E-state index contributed by atoms with van der Waals surface area (Å²) in [7, 11) is 0. The molecule has 0 heterocycles. The van der Waals surface area contributed by atoms with E-state index >= 15 is 0 Å². The van der Waals surface area contributed by atoms with Gasteiger partial charge in [0.15, 0.2) is 0 Å². The Hall–Kier alpha value is -1.26. The van der Waals surface area contributed by atoms with Crippen molar-refractivity contribution in [3.05, 3.63) is 69.7 Å². The van der Waals surface area contributed by atoms with Crippen LogP contribution >= 0.6 is 15.9 Å². The van der Waals surface area contributed by atoms with E-state index < -0.39 is 0 Å². The fourth-order valence-electron chi connectivity index (χ4n) is 2.04. The van der Waals surface area contributed by atoms with E-state index in [0.717, 1.165) is 10.0 Å². The van der Waals surface area contributed by atoms with Gasteiger partial charge in [0.1, 0.15) is 11.6 Å². The molecule has 0 amide bonds. The normalized spacial score (nSPS) is 12.4. The van der Waals surface area contributed by atoms with Crippen LogP contribution in [-0.4, -0.2) is 6.54 Å². The Labute approximate surface area is 119 Å². The first-order chi connectivity index (χ1) is 9.10. The van der Waals surface area contributed by atoms with Gasteiger partial charge in [0.05, 0.1) is 0 Å². The summed E-state index contributed by atoms with van der Waals surface area (Å²) < 4.78 is 27.5. The van der Waals surface area contributed by atoms with Crippen LogP contribution in [-0.2, 0) is 6.42 Å². The average Bonchev–Trinajstić information content (AvgIpc) is 2.41. The van der Waals surface area contributed by atoms with Crippen molar-refractivity contribution in [1.82, 2.24) is 0 Å². The van der Waals surface area contributed by atoms with Gasteiger partial charge in [-0.2, -0.15) is 0 Å². The molecule has 100 valence electrons. The van der Waals surface area contributed by atoms with Gasteiger partial charge < -0.3 is 5.73 Å². The molecule has 0 bridgehead atoms. The fourth-order valence-corrected chi connectivity index (χ4v) is 2.45. The van der Waals surface area contributed by atoms with Crippen LogP contribution in [0.15, 0.2) is 46.9 Å². The molecule has 2 rings (SSSR count). The summed E-state index contributed by atoms with van der Waals surface area (Å²) >= 11 is 3.33. The summed E-state index contributed by atoms with van der Waals surface area (Å²) in [6, 6.07) is 11.0. The Morgan fingerprint density at radius 3 is 2.37 bits per heavy atom. The van der Waals surface area contributed by atoms with Crippen molar-refractivity contribution in [2.45, 2.75) is 12.3 Å². The SMILES string of the molecule is NCC(Cc1cc(Br)ccc1F)c1ccc(F)cc1. The molecule has 1 atom stereocenters. The highest BCUT2D eigenvalue weighted by Gasteiger charge is 2.13. The maximum Gasteiger partial charge on any atom is 0.126 e. The second-order valence-electron chi connectivity index (χ2n) is 4.42. The van der Waals surface area contributed by atoms with Crippen molar-refractivity contribution in [2.24, 2.45) is 5.73 Å². The van der Waals surface area contributed by atoms with E-state index in [4.69, 9.17) is 5.73 Å². The number of rotatable bonds is 4. The van der Waals surface area contributed by atoms with E-state index in [2.05, 4.69) is 15.9 Å². The van der Waals surface area contributed by atoms with E-state index in [-0.39, 0.29) is 17.6 Å². The lowest BCUT2D eigenvalue weighted by atomic mass is 9.92. The topological polar surface area (TPSA) is 26.0 Å². The second-order valence-corrected chi connectivity index (χ2v) is 5.34. The van der Waals surface area contributed by atoms with Gasteiger partial charge in [-0.05, 0) is 54.4 Å². The second kappa shape index (κ2) is 6.26. The molecule has 2 aromatic carbocycles. The van der Waals surface area contributed by atoms with Gasteiger partial charge in [0, 0.05) is 10.4 Å². The van der Waals surface area contributed by atoms with Gasteiger partial charge in [-0.1, -0.05) is 28.1 Å². The number of hydrogen-bond donors (Lipinski definition) is 1. The molecule has 0 saturated carbocycles. The van der Waals surface area contributed by atoms with Crippen LogP contribution in [0.1, 0.15) is 17.0 Å². The minimum absolute atomic E-state index is 0.0237. The highest BCUT2D eigenvalue weighted by molar-refractivity contribution is 9.10. The molecule has 2 aromatic rings. The van der Waals surface area contributed by atoms with Crippen molar-refractivity contribution >= 4 is 15.9 Å². The molecule has 0 aliphatic heterocycles. The van der Waals surface area contributed by atoms with E-state index in [1.807, 2.05) is 0 Å². The quantitative estimate of drug-likeness (QED) is 0.903. The Morgan fingerprint density at radius 2 is 1.74 bits per heavy atom. The number of halogens is 3.